The van der Waals surface area contributed by atoms with Gasteiger partial charge in [0.15, 0.2) is 0 Å². The monoisotopic (exact) mass is 312 g/mol. The molecule has 0 radical (unpaired) electrons. The fourth-order valence-electron chi connectivity index (χ4n) is 2.07. The van der Waals surface area contributed by atoms with Gasteiger partial charge < -0.3 is 10.1 Å². The van der Waals surface area contributed by atoms with E-state index in [0.717, 1.165) is 16.8 Å². The van der Waals surface area contributed by atoms with Crippen LogP contribution in [0.1, 0.15) is 28.4 Å². The fourth-order valence-corrected chi connectivity index (χ4v) is 2.07. The van der Waals surface area contributed by atoms with E-state index in [1.807, 2.05) is 32.0 Å². The summed E-state index contributed by atoms with van der Waals surface area (Å²) in [6.45, 7) is 6.01. The number of carbonyl (C=O) groups is 2. The van der Waals surface area contributed by atoms with Gasteiger partial charge in [0.25, 0.3) is 5.91 Å². The van der Waals surface area contributed by atoms with E-state index in [1.54, 1.807) is 31.2 Å². The van der Waals surface area contributed by atoms with Crippen molar-refractivity contribution < 1.29 is 14.3 Å². The van der Waals surface area contributed by atoms with Crippen LogP contribution in [0.3, 0.4) is 0 Å². The van der Waals surface area contributed by atoms with Gasteiger partial charge in [0.1, 0.15) is 0 Å². The third kappa shape index (κ3) is 4.32. The number of hydrogen-bond donors (Lipinski definition) is 2. The number of nitrogens with one attached hydrogen (secondary N) is 2. The molecular formula is C18H20N2O3. The molecule has 2 aromatic rings. The summed E-state index contributed by atoms with van der Waals surface area (Å²) >= 11 is 0. The van der Waals surface area contributed by atoms with Gasteiger partial charge in [-0.2, -0.15) is 0 Å². The van der Waals surface area contributed by atoms with Crippen molar-refractivity contribution in [1.29, 1.82) is 0 Å². The van der Waals surface area contributed by atoms with Crippen molar-refractivity contribution in [2.45, 2.75) is 20.8 Å². The van der Waals surface area contributed by atoms with Crippen LogP contribution >= 0.6 is 0 Å². The Labute approximate surface area is 135 Å². The first kappa shape index (κ1) is 16.5. The smallest absolute Gasteiger partial charge is 0.411 e. The standard InChI is InChI=1S/C18H20N2O3/c1-4-23-18(22)19-15-10-8-14(9-11-15)17(21)20-16-7-5-6-12(2)13(16)3/h5-11H,4H2,1-3H3,(H,19,22)(H,20,21). The van der Waals surface area contributed by atoms with Gasteiger partial charge >= 0.3 is 6.09 Å². The predicted octanol–water partition coefficient (Wildman–Crippen LogP) is 4.12. The minimum atomic E-state index is -0.514. The van der Waals surface area contributed by atoms with E-state index in [9.17, 15) is 9.59 Å². The van der Waals surface area contributed by atoms with Crippen LogP contribution in [0.2, 0.25) is 0 Å². The molecule has 23 heavy (non-hydrogen) atoms. The SMILES string of the molecule is CCOC(=O)Nc1ccc(C(=O)Nc2cccc(C)c2C)cc1. The number of rotatable bonds is 4. The summed E-state index contributed by atoms with van der Waals surface area (Å²) in [7, 11) is 0. The van der Waals surface area contributed by atoms with Crippen molar-refractivity contribution >= 4 is 23.4 Å². The summed E-state index contributed by atoms with van der Waals surface area (Å²) in [4.78, 5) is 23.6. The largest absolute Gasteiger partial charge is 0.450 e. The number of benzene rings is 2. The summed E-state index contributed by atoms with van der Waals surface area (Å²) in [5.74, 6) is -0.193. The molecule has 2 aromatic carbocycles. The minimum absolute atomic E-state index is 0.193. The Hall–Kier alpha value is -2.82. The average molecular weight is 312 g/mol. The van der Waals surface area contributed by atoms with E-state index in [4.69, 9.17) is 4.74 Å². The van der Waals surface area contributed by atoms with E-state index in [1.165, 1.54) is 0 Å². The van der Waals surface area contributed by atoms with E-state index in [2.05, 4.69) is 10.6 Å². The lowest BCUT2D eigenvalue weighted by molar-refractivity contribution is 0.102. The highest BCUT2D eigenvalue weighted by molar-refractivity contribution is 6.05. The Morgan fingerprint density at radius 1 is 1.00 bits per heavy atom. The minimum Gasteiger partial charge on any atom is -0.450 e. The van der Waals surface area contributed by atoms with Crippen molar-refractivity contribution in [3.8, 4) is 0 Å². The van der Waals surface area contributed by atoms with Gasteiger partial charge in [-0.15, -0.1) is 0 Å². The van der Waals surface area contributed by atoms with Crippen LogP contribution in [0.5, 0.6) is 0 Å². The van der Waals surface area contributed by atoms with E-state index in [-0.39, 0.29) is 5.91 Å². The summed E-state index contributed by atoms with van der Waals surface area (Å²) in [5.41, 5.74) is 4.05. The molecule has 0 spiro atoms. The summed E-state index contributed by atoms with van der Waals surface area (Å²) in [5, 5.41) is 5.48. The van der Waals surface area contributed by atoms with Crippen LogP contribution in [0.4, 0.5) is 16.2 Å². The summed E-state index contributed by atoms with van der Waals surface area (Å²) < 4.78 is 4.80. The molecule has 0 aliphatic heterocycles. The molecule has 120 valence electrons. The Morgan fingerprint density at radius 2 is 1.70 bits per heavy atom. The van der Waals surface area contributed by atoms with Crippen LogP contribution < -0.4 is 10.6 Å². The van der Waals surface area contributed by atoms with Crippen molar-refractivity contribution in [3.63, 3.8) is 0 Å². The highest BCUT2D eigenvalue weighted by atomic mass is 16.5. The Morgan fingerprint density at radius 3 is 2.35 bits per heavy atom. The Balaban J connectivity index is 2.05. The Kier molecular flexibility index (Phi) is 5.36. The second-order valence-corrected chi connectivity index (χ2v) is 5.12. The highest BCUT2D eigenvalue weighted by Gasteiger charge is 2.09. The first-order valence-corrected chi connectivity index (χ1v) is 7.42. The molecule has 0 bridgehead atoms. The third-order valence-electron chi connectivity index (χ3n) is 3.52. The highest BCUT2D eigenvalue weighted by Crippen LogP contribution is 2.19. The van der Waals surface area contributed by atoms with Gasteiger partial charge in [0.05, 0.1) is 6.61 Å². The number of carbonyl (C=O) groups excluding carboxylic acids is 2. The molecule has 0 aliphatic rings. The van der Waals surface area contributed by atoms with Crippen LogP contribution in [0, 0.1) is 13.8 Å². The maximum atomic E-state index is 12.3. The maximum Gasteiger partial charge on any atom is 0.411 e. The number of amides is 2. The van der Waals surface area contributed by atoms with Crippen molar-refractivity contribution in [2.75, 3.05) is 17.2 Å². The number of ether oxygens (including phenoxy) is 1. The van der Waals surface area contributed by atoms with Crippen LogP contribution in [0.15, 0.2) is 42.5 Å². The number of anilines is 2. The van der Waals surface area contributed by atoms with Crippen LogP contribution in [0.25, 0.3) is 0 Å². The number of aryl methyl sites for hydroxylation is 1. The van der Waals surface area contributed by atoms with Gasteiger partial charge in [-0.3, -0.25) is 10.1 Å². The molecule has 5 heteroatoms. The topological polar surface area (TPSA) is 67.4 Å². The molecule has 2 amide bonds. The van der Waals surface area contributed by atoms with Gasteiger partial charge in [-0.05, 0) is 62.2 Å². The summed E-state index contributed by atoms with van der Waals surface area (Å²) in [6, 6.07) is 12.4. The van der Waals surface area contributed by atoms with Crippen LogP contribution in [-0.2, 0) is 4.74 Å². The predicted molar refractivity (Wildman–Crippen MR) is 91.0 cm³/mol. The second-order valence-electron chi connectivity index (χ2n) is 5.12. The second kappa shape index (κ2) is 7.45. The van der Waals surface area contributed by atoms with Gasteiger partial charge in [-0.1, -0.05) is 12.1 Å². The zero-order valence-electron chi connectivity index (χ0n) is 13.5. The molecule has 0 saturated carbocycles. The third-order valence-corrected chi connectivity index (χ3v) is 3.52. The molecule has 0 saturated heterocycles. The number of hydrogen-bond acceptors (Lipinski definition) is 3. The molecular weight excluding hydrogens is 292 g/mol. The summed E-state index contributed by atoms with van der Waals surface area (Å²) in [6.07, 6.45) is -0.514. The van der Waals surface area contributed by atoms with Gasteiger partial charge in [0, 0.05) is 16.9 Å². The molecule has 0 unspecified atom stereocenters. The first-order chi connectivity index (χ1) is 11.0. The average Bonchev–Trinajstić information content (AvgIpc) is 2.52. The van der Waals surface area contributed by atoms with Crippen molar-refractivity contribution in [3.05, 3.63) is 59.2 Å². The molecule has 5 nitrogen and oxygen atoms in total. The molecule has 2 N–H and O–H groups in total. The van der Waals surface area contributed by atoms with Crippen molar-refractivity contribution in [2.24, 2.45) is 0 Å². The zero-order valence-corrected chi connectivity index (χ0v) is 13.5. The van der Waals surface area contributed by atoms with Gasteiger partial charge in [0.2, 0.25) is 0 Å². The van der Waals surface area contributed by atoms with Crippen molar-refractivity contribution in [1.82, 2.24) is 0 Å². The first-order valence-electron chi connectivity index (χ1n) is 7.42. The molecule has 0 aromatic heterocycles. The zero-order chi connectivity index (χ0) is 16.8. The van der Waals surface area contributed by atoms with E-state index < -0.39 is 6.09 Å². The lowest BCUT2D eigenvalue weighted by atomic mass is 10.1. The van der Waals surface area contributed by atoms with E-state index >= 15 is 0 Å². The molecule has 0 aliphatic carbocycles. The van der Waals surface area contributed by atoms with Crippen LogP contribution in [-0.4, -0.2) is 18.6 Å². The molecule has 0 heterocycles. The normalized spacial score (nSPS) is 10.0. The van der Waals surface area contributed by atoms with E-state index in [0.29, 0.717) is 17.9 Å². The lowest BCUT2D eigenvalue weighted by Crippen LogP contribution is -2.15. The molecule has 2 rings (SSSR count). The quantitative estimate of drug-likeness (QED) is 0.892. The fraction of sp³-hybridized carbons (Fsp3) is 0.222. The lowest BCUT2D eigenvalue weighted by Gasteiger charge is -2.11. The van der Waals surface area contributed by atoms with Gasteiger partial charge in [-0.25, -0.2) is 4.79 Å². The maximum absolute atomic E-state index is 12.3. The molecule has 0 fully saturated rings. The molecule has 0 atom stereocenters. The Bertz CT molecular complexity index is 709.